The van der Waals surface area contributed by atoms with E-state index in [-0.39, 0.29) is 16.0 Å². The van der Waals surface area contributed by atoms with E-state index in [0.717, 1.165) is 17.9 Å². The number of sulfone groups is 1. The summed E-state index contributed by atoms with van der Waals surface area (Å²) in [5, 5.41) is 0. The number of benzene rings is 2. The smallest absolute Gasteiger partial charge is 0.339 e. The van der Waals surface area contributed by atoms with Gasteiger partial charge < -0.3 is 10.5 Å². The molecule has 136 valence electrons. The molecule has 1 aliphatic rings. The molecule has 0 amide bonds. The van der Waals surface area contributed by atoms with Crippen LogP contribution in [0.4, 0.5) is 4.39 Å². The van der Waals surface area contributed by atoms with Crippen molar-refractivity contribution in [1.82, 2.24) is 0 Å². The van der Waals surface area contributed by atoms with Crippen LogP contribution in [0.1, 0.15) is 23.6 Å². The second kappa shape index (κ2) is 6.66. The molecule has 0 fully saturated rings. The fourth-order valence-corrected chi connectivity index (χ4v) is 3.60. The zero-order valence-electron chi connectivity index (χ0n) is 14.3. The summed E-state index contributed by atoms with van der Waals surface area (Å²) < 4.78 is 43.2. The van der Waals surface area contributed by atoms with Gasteiger partial charge in [0.25, 0.3) is 0 Å². The van der Waals surface area contributed by atoms with Crippen molar-refractivity contribution >= 4 is 27.0 Å². The Bertz CT molecular complexity index is 1010. The molecule has 7 heteroatoms. The highest BCUT2D eigenvalue weighted by molar-refractivity contribution is 7.90. The fourth-order valence-electron chi connectivity index (χ4n) is 2.97. The summed E-state index contributed by atoms with van der Waals surface area (Å²) in [6.07, 6.45) is 0.362. The van der Waals surface area contributed by atoms with E-state index < -0.39 is 27.7 Å². The average Bonchev–Trinajstić information content (AvgIpc) is 2.88. The van der Waals surface area contributed by atoms with Crippen LogP contribution in [0.25, 0.3) is 11.1 Å². The number of ether oxygens (including phenoxy) is 1. The summed E-state index contributed by atoms with van der Waals surface area (Å²) in [5.74, 6) is -1.26. The molecule has 0 saturated carbocycles. The summed E-state index contributed by atoms with van der Waals surface area (Å²) in [4.78, 5) is 12.2. The van der Waals surface area contributed by atoms with Crippen molar-refractivity contribution in [2.24, 2.45) is 5.73 Å². The van der Waals surface area contributed by atoms with Crippen LogP contribution in [-0.4, -0.2) is 26.7 Å². The summed E-state index contributed by atoms with van der Waals surface area (Å²) in [7, 11) is -3.53. The van der Waals surface area contributed by atoms with Gasteiger partial charge in [0, 0.05) is 23.9 Å². The van der Waals surface area contributed by atoms with Gasteiger partial charge in [-0.25, -0.2) is 17.6 Å². The third kappa shape index (κ3) is 3.27. The molecule has 0 radical (unpaired) electrons. The number of cyclic esters (lactones) is 1. The van der Waals surface area contributed by atoms with Crippen molar-refractivity contribution in [3.05, 3.63) is 65.0 Å². The second-order valence-electron chi connectivity index (χ2n) is 6.15. The van der Waals surface area contributed by atoms with Gasteiger partial charge in [0.2, 0.25) is 0 Å². The Labute approximate surface area is 151 Å². The van der Waals surface area contributed by atoms with Crippen molar-refractivity contribution in [2.45, 2.75) is 24.5 Å². The molecule has 2 aromatic rings. The highest BCUT2D eigenvalue weighted by Crippen LogP contribution is 2.38. The molecule has 1 heterocycles. The Kier molecular flexibility index (Phi) is 4.68. The third-order valence-corrected chi connectivity index (χ3v) is 5.41. The van der Waals surface area contributed by atoms with E-state index in [1.165, 1.54) is 12.1 Å². The largest absolute Gasteiger partial charge is 0.454 e. The van der Waals surface area contributed by atoms with Crippen molar-refractivity contribution in [3.63, 3.8) is 0 Å². The van der Waals surface area contributed by atoms with Crippen molar-refractivity contribution in [3.8, 4) is 0 Å². The molecule has 26 heavy (non-hydrogen) atoms. The minimum absolute atomic E-state index is 0.119. The molecule has 1 unspecified atom stereocenters. The minimum Gasteiger partial charge on any atom is -0.454 e. The molecule has 0 aliphatic carbocycles. The van der Waals surface area contributed by atoms with Gasteiger partial charge in [-0.05, 0) is 30.2 Å². The molecule has 1 atom stereocenters. The Morgan fingerprint density at radius 2 is 1.81 bits per heavy atom. The first-order valence-electron chi connectivity index (χ1n) is 7.97. The molecule has 1 aliphatic heterocycles. The Morgan fingerprint density at radius 1 is 1.15 bits per heavy atom. The molecule has 3 rings (SSSR count). The van der Waals surface area contributed by atoms with Gasteiger partial charge in [-0.3, -0.25) is 0 Å². The number of esters is 1. The number of carbonyl (C=O) groups is 1. The maximum atomic E-state index is 14.7. The summed E-state index contributed by atoms with van der Waals surface area (Å²) in [6, 6.07) is 10.7. The van der Waals surface area contributed by atoms with Gasteiger partial charge in [0.05, 0.1) is 10.5 Å². The van der Waals surface area contributed by atoms with Crippen molar-refractivity contribution in [2.75, 3.05) is 6.26 Å². The first kappa shape index (κ1) is 18.3. The first-order valence-corrected chi connectivity index (χ1v) is 9.86. The third-order valence-electron chi connectivity index (χ3n) is 4.30. The van der Waals surface area contributed by atoms with E-state index in [1.54, 1.807) is 31.2 Å². The second-order valence-corrected chi connectivity index (χ2v) is 8.17. The molecule has 0 saturated heterocycles. The lowest BCUT2D eigenvalue weighted by molar-refractivity contribution is -0.136. The van der Waals surface area contributed by atoms with Crippen LogP contribution in [0.2, 0.25) is 0 Å². The van der Waals surface area contributed by atoms with Crippen LogP contribution in [0, 0.1) is 5.82 Å². The van der Waals surface area contributed by atoms with Gasteiger partial charge in [0.1, 0.15) is 11.9 Å². The minimum atomic E-state index is -3.53. The molecule has 2 N–H and O–H groups in total. The van der Waals surface area contributed by atoms with Gasteiger partial charge in [-0.15, -0.1) is 0 Å². The highest BCUT2D eigenvalue weighted by atomic mass is 32.2. The zero-order valence-corrected chi connectivity index (χ0v) is 15.1. The highest BCUT2D eigenvalue weighted by Gasteiger charge is 2.34. The molecule has 0 bridgehead atoms. The number of nitrogens with two attached hydrogens (primary N) is 1. The number of hydrogen-bond acceptors (Lipinski definition) is 5. The summed E-state index contributed by atoms with van der Waals surface area (Å²) in [5.41, 5.74) is 7.90. The number of carbonyl (C=O) groups excluding carboxylic acids is 1. The Morgan fingerprint density at radius 3 is 2.35 bits per heavy atom. The summed E-state index contributed by atoms with van der Waals surface area (Å²) in [6.45, 7) is 2.02. The fraction of sp³-hybridized carbons (Fsp3) is 0.211. The van der Waals surface area contributed by atoms with Gasteiger partial charge >= 0.3 is 5.97 Å². The maximum absolute atomic E-state index is 14.7. The lowest BCUT2D eigenvalue weighted by Crippen LogP contribution is -2.07. The zero-order chi connectivity index (χ0) is 19.1. The van der Waals surface area contributed by atoms with Crippen LogP contribution < -0.4 is 5.73 Å². The standard InChI is InChI=1S/C19H18FNO4S/c1-11-17(15-8-7-14(9-16(15)20)26(2,23)24)18(19(22)25-11)13-5-3-12(10-21)4-6-13/h3-9,11H,10,21H2,1-2H3. The van der Waals surface area contributed by atoms with Crippen LogP contribution in [0.15, 0.2) is 47.4 Å². The van der Waals surface area contributed by atoms with E-state index in [4.69, 9.17) is 10.5 Å². The molecule has 2 aromatic carbocycles. The lowest BCUT2D eigenvalue weighted by atomic mass is 9.93. The predicted octanol–water partition coefficient (Wildman–Crippen LogP) is 2.54. The molecular weight excluding hydrogens is 357 g/mol. The number of halogens is 1. The van der Waals surface area contributed by atoms with Crippen LogP contribution >= 0.6 is 0 Å². The van der Waals surface area contributed by atoms with Crippen LogP contribution in [0.3, 0.4) is 0 Å². The van der Waals surface area contributed by atoms with Crippen LogP contribution in [-0.2, 0) is 25.9 Å². The lowest BCUT2D eigenvalue weighted by Gasteiger charge is -2.11. The SMILES string of the molecule is CC1OC(=O)C(c2ccc(CN)cc2)=C1c1ccc(S(C)(=O)=O)cc1F. The molecular formula is C19H18FNO4S. The summed E-state index contributed by atoms with van der Waals surface area (Å²) >= 11 is 0. The predicted molar refractivity (Wildman–Crippen MR) is 96.2 cm³/mol. The van der Waals surface area contributed by atoms with Crippen molar-refractivity contribution in [1.29, 1.82) is 0 Å². The van der Waals surface area contributed by atoms with E-state index >= 15 is 0 Å². The van der Waals surface area contributed by atoms with Crippen molar-refractivity contribution < 1.29 is 22.3 Å². The Hall–Kier alpha value is -2.51. The topological polar surface area (TPSA) is 86.5 Å². The normalized spacial score (nSPS) is 17.5. The van der Waals surface area contributed by atoms with E-state index in [1.807, 2.05) is 0 Å². The van der Waals surface area contributed by atoms with E-state index in [9.17, 15) is 17.6 Å². The maximum Gasteiger partial charge on any atom is 0.339 e. The molecule has 5 nitrogen and oxygen atoms in total. The average molecular weight is 375 g/mol. The van der Waals surface area contributed by atoms with E-state index in [2.05, 4.69) is 0 Å². The van der Waals surface area contributed by atoms with Gasteiger partial charge in [0.15, 0.2) is 9.84 Å². The quantitative estimate of drug-likeness (QED) is 0.830. The number of hydrogen-bond donors (Lipinski definition) is 1. The Balaban J connectivity index is 2.18. The first-order chi connectivity index (χ1) is 12.2. The molecule has 0 aromatic heterocycles. The van der Waals surface area contributed by atoms with Gasteiger partial charge in [-0.2, -0.15) is 0 Å². The molecule has 0 spiro atoms. The van der Waals surface area contributed by atoms with E-state index in [0.29, 0.717) is 17.7 Å². The van der Waals surface area contributed by atoms with Gasteiger partial charge in [-0.1, -0.05) is 30.3 Å². The monoisotopic (exact) mass is 375 g/mol. The van der Waals surface area contributed by atoms with Crippen LogP contribution in [0.5, 0.6) is 0 Å². The number of rotatable bonds is 4.